The Morgan fingerprint density at radius 3 is 2.42 bits per heavy atom. The van der Waals surface area contributed by atoms with E-state index in [2.05, 4.69) is 5.32 Å². The minimum Gasteiger partial charge on any atom is -0.344 e. The van der Waals surface area contributed by atoms with Crippen molar-refractivity contribution in [3.05, 3.63) is 51.7 Å². The summed E-state index contributed by atoms with van der Waals surface area (Å²) >= 11 is 1.44. The summed E-state index contributed by atoms with van der Waals surface area (Å²) in [5.74, 6) is -2.23. The van der Waals surface area contributed by atoms with Crippen molar-refractivity contribution in [3.8, 4) is 0 Å². The van der Waals surface area contributed by atoms with Crippen molar-refractivity contribution in [1.29, 1.82) is 0 Å². The topological polar surface area (TPSA) is 49.4 Å². The molecule has 8 heteroatoms. The lowest BCUT2D eigenvalue weighted by atomic mass is 9.87. The summed E-state index contributed by atoms with van der Waals surface area (Å²) in [5, 5.41) is 6.42. The van der Waals surface area contributed by atoms with Gasteiger partial charge in [0, 0.05) is 24.9 Å². The number of nitrogens with one attached hydrogen (secondary N) is 1. The number of aryl methyl sites for hydroxylation is 1. The summed E-state index contributed by atoms with van der Waals surface area (Å²) in [6.07, 6.45) is -4.42. The highest BCUT2D eigenvalue weighted by atomic mass is 32.1. The zero-order chi connectivity index (χ0) is 19.1. The summed E-state index contributed by atoms with van der Waals surface area (Å²) in [7, 11) is 1.59. The van der Waals surface area contributed by atoms with Gasteiger partial charge in [0.25, 0.3) is 0 Å². The Morgan fingerprint density at radius 2 is 1.88 bits per heavy atom. The number of halogens is 3. The molecule has 2 atom stereocenters. The Hall–Kier alpha value is -2.35. The van der Waals surface area contributed by atoms with Crippen LogP contribution < -0.4 is 5.32 Å². The number of alkyl halides is 3. The van der Waals surface area contributed by atoms with Gasteiger partial charge in [0.05, 0.1) is 11.3 Å². The number of nitrogens with zero attached hydrogens (tertiary/aromatic N) is 1. The summed E-state index contributed by atoms with van der Waals surface area (Å²) in [4.78, 5) is 26.6. The van der Waals surface area contributed by atoms with E-state index >= 15 is 0 Å². The molecule has 1 aromatic carbocycles. The van der Waals surface area contributed by atoms with Crippen LogP contribution in [0.25, 0.3) is 0 Å². The minimum atomic E-state index is -4.42. The lowest BCUT2D eigenvalue weighted by molar-refractivity contribution is -0.138. The molecule has 2 heterocycles. The molecule has 3 rings (SSSR count). The summed E-state index contributed by atoms with van der Waals surface area (Å²) < 4.78 is 38.2. The lowest BCUT2D eigenvalue weighted by Gasteiger charge is -2.17. The van der Waals surface area contributed by atoms with Crippen molar-refractivity contribution in [2.45, 2.75) is 19.0 Å². The van der Waals surface area contributed by atoms with E-state index < -0.39 is 29.5 Å². The van der Waals surface area contributed by atoms with Crippen molar-refractivity contribution < 1.29 is 22.8 Å². The molecule has 1 N–H and O–H groups in total. The average Bonchev–Trinajstić information content (AvgIpc) is 3.11. The molecule has 1 aliphatic heterocycles. The van der Waals surface area contributed by atoms with E-state index in [0.29, 0.717) is 11.3 Å². The molecule has 2 amide bonds. The zero-order valence-corrected chi connectivity index (χ0v) is 14.9. The monoisotopic (exact) mass is 382 g/mol. The highest BCUT2D eigenvalue weighted by molar-refractivity contribution is 7.08. The number of amides is 2. The predicted molar refractivity (Wildman–Crippen MR) is 93.0 cm³/mol. The maximum absolute atomic E-state index is 12.7. The third-order valence-corrected chi connectivity index (χ3v) is 5.44. The van der Waals surface area contributed by atoms with Gasteiger partial charge in [0.1, 0.15) is 5.92 Å². The van der Waals surface area contributed by atoms with Crippen molar-refractivity contribution in [2.24, 2.45) is 5.92 Å². The van der Waals surface area contributed by atoms with Crippen LogP contribution in [0.1, 0.15) is 22.6 Å². The van der Waals surface area contributed by atoms with Gasteiger partial charge in [-0.2, -0.15) is 13.2 Å². The van der Waals surface area contributed by atoms with E-state index in [9.17, 15) is 22.8 Å². The van der Waals surface area contributed by atoms with Crippen LogP contribution in [-0.4, -0.2) is 30.3 Å². The minimum absolute atomic E-state index is 0.283. The molecule has 2 aromatic rings. The second-order valence-electron chi connectivity index (χ2n) is 6.38. The van der Waals surface area contributed by atoms with Crippen LogP contribution in [0, 0.1) is 12.8 Å². The van der Waals surface area contributed by atoms with Crippen LogP contribution in [-0.2, 0) is 15.8 Å². The van der Waals surface area contributed by atoms with Crippen molar-refractivity contribution in [2.75, 3.05) is 18.9 Å². The highest BCUT2D eigenvalue weighted by Gasteiger charge is 2.44. The Bertz CT molecular complexity index is 830. The fourth-order valence-corrected chi connectivity index (χ4v) is 3.89. The maximum Gasteiger partial charge on any atom is 0.416 e. The van der Waals surface area contributed by atoms with Crippen molar-refractivity contribution in [3.63, 3.8) is 0 Å². The summed E-state index contributed by atoms with van der Waals surface area (Å²) in [6, 6.07) is 4.65. The SMILES string of the molecule is Cc1cscc1NC(=O)[C@@H]1C(=O)N(C)C[C@H]1c1ccc(C(F)(F)F)cc1. The molecule has 0 spiro atoms. The molecule has 4 nitrogen and oxygen atoms in total. The highest BCUT2D eigenvalue weighted by Crippen LogP contribution is 2.36. The Kier molecular flexibility index (Phi) is 4.79. The first-order chi connectivity index (χ1) is 12.2. The van der Waals surface area contributed by atoms with Gasteiger partial charge in [-0.3, -0.25) is 9.59 Å². The largest absolute Gasteiger partial charge is 0.416 e. The van der Waals surface area contributed by atoms with E-state index in [-0.39, 0.29) is 12.5 Å². The number of anilines is 1. The number of carbonyl (C=O) groups is 2. The number of rotatable bonds is 3. The fourth-order valence-electron chi connectivity index (χ4n) is 3.11. The van der Waals surface area contributed by atoms with Gasteiger partial charge >= 0.3 is 6.18 Å². The first-order valence-electron chi connectivity index (χ1n) is 7.94. The smallest absolute Gasteiger partial charge is 0.344 e. The third-order valence-electron chi connectivity index (χ3n) is 4.58. The number of likely N-dealkylation sites (N-methyl/N-ethyl adjacent to an activating group) is 1. The number of benzene rings is 1. The van der Waals surface area contributed by atoms with Gasteiger partial charge < -0.3 is 10.2 Å². The Labute approximate surface area is 152 Å². The quantitative estimate of drug-likeness (QED) is 0.819. The maximum atomic E-state index is 12.7. The predicted octanol–water partition coefficient (Wildman–Crippen LogP) is 3.89. The lowest BCUT2D eigenvalue weighted by Crippen LogP contribution is -2.32. The van der Waals surface area contributed by atoms with Gasteiger partial charge in [-0.05, 0) is 35.6 Å². The molecule has 0 radical (unpaired) electrons. The molecule has 1 fully saturated rings. The first-order valence-corrected chi connectivity index (χ1v) is 8.88. The second kappa shape index (κ2) is 6.75. The molecule has 0 aliphatic carbocycles. The molecular weight excluding hydrogens is 365 g/mol. The molecule has 1 aliphatic rings. The van der Waals surface area contributed by atoms with Gasteiger partial charge in [-0.15, -0.1) is 11.3 Å². The Balaban J connectivity index is 1.86. The summed E-state index contributed by atoms with van der Waals surface area (Å²) in [5.41, 5.74) is 1.33. The van der Waals surface area contributed by atoms with Crippen molar-refractivity contribution >= 4 is 28.8 Å². The third kappa shape index (κ3) is 3.46. The average molecular weight is 382 g/mol. The number of carbonyl (C=O) groups excluding carboxylic acids is 2. The van der Waals surface area contributed by atoms with Gasteiger partial charge in [-0.1, -0.05) is 12.1 Å². The van der Waals surface area contributed by atoms with Crippen LogP contribution in [0.3, 0.4) is 0 Å². The number of hydrogen-bond acceptors (Lipinski definition) is 3. The van der Waals surface area contributed by atoms with Crippen molar-refractivity contribution in [1.82, 2.24) is 4.90 Å². The molecule has 0 unspecified atom stereocenters. The molecule has 0 saturated carbocycles. The van der Waals surface area contributed by atoms with E-state index in [1.807, 2.05) is 12.3 Å². The molecule has 138 valence electrons. The number of hydrogen-bond donors (Lipinski definition) is 1. The molecule has 1 aromatic heterocycles. The zero-order valence-electron chi connectivity index (χ0n) is 14.1. The van der Waals surface area contributed by atoms with Crippen LogP contribution in [0.15, 0.2) is 35.0 Å². The number of thiophene rings is 1. The van der Waals surface area contributed by atoms with Crippen LogP contribution in [0.4, 0.5) is 18.9 Å². The Morgan fingerprint density at radius 1 is 1.23 bits per heavy atom. The standard InChI is InChI=1S/C18H17F3N2O2S/c1-10-8-26-9-14(10)22-16(24)15-13(7-23(2)17(15)25)11-3-5-12(6-4-11)18(19,20)21/h3-6,8-9,13,15H,7H2,1-2H3,(H,22,24)/t13-,15+/m0/s1. The second-order valence-corrected chi connectivity index (χ2v) is 7.12. The van der Waals surface area contributed by atoms with Crippen LogP contribution in [0.5, 0.6) is 0 Å². The van der Waals surface area contributed by atoms with Gasteiger partial charge in [0.15, 0.2) is 0 Å². The summed E-state index contributed by atoms with van der Waals surface area (Å²) in [6.45, 7) is 2.13. The van der Waals surface area contributed by atoms with Gasteiger partial charge in [-0.25, -0.2) is 0 Å². The van der Waals surface area contributed by atoms with Crippen LogP contribution >= 0.6 is 11.3 Å². The van der Waals surface area contributed by atoms with E-state index in [1.54, 1.807) is 12.4 Å². The fraction of sp³-hybridized carbons (Fsp3) is 0.333. The molecule has 26 heavy (non-hydrogen) atoms. The number of likely N-dealkylation sites (tertiary alicyclic amines) is 1. The van der Waals surface area contributed by atoms with E-state index in [1.165, 1.54) is 28.4 Å². The molecular formula is C18H17F3N2O2S. The van der Waals surface area contributed by atoms with Crippen LogP contribution in [0.2, 0.25) is 0 Å². The normalized spacial score (nSPS) is 20.5. The molecule has 0 bridgehead atoms. The van der Waals surface area contributed by atoms with Gasteiger partial charge in [0.2, 0.25) is 11.8 Å². The van der Waals surface area contributed by atoms with E-state index in [0.717, 1.165) is 17.7 Å². The first kappa shape index (κ1) is 18.4. The van der Waals surface area contributed by atoms with E-state index in [4.69, 9.17) is 0 Å². The molecule has 1 saturated heterocycles.